The summed E-state index contributed by atoms with van der Waals surface area (Å²) in [5.74, 6) is -0.361. The van der Waals surface area contributed by atoms with Crippen molar-refractivity contribution in [3.63, 3.8) is 0 Å². The number of imidazole rings is 1. The molecule has 0 aliphatic heterocycles. The number of rotatable bonds is 1. The first-order valence-corrected chi connectivity index (χ1v) is 5.46. The van der Waals surface area contributed by atoms with E-state index in [4.69, 9.17) is 0 Å². The Labute approximate surface area is 92.6 Å². The van der Waals surface area contributed by atoms with Crippen LogP contribution in [0.2, 0.25) is 0 Å². The van der Waals surface area contributed by atoms with Gasteiger partial charge in [-0.1, -0.05) is 11.3 Å². The highest BCUT2D eigenvalue weighted by Crippen LogP contribution is 2.28. The molecule has 0 fully saturated rings. The van der Waals surface area contributed by atoms with E-state index in [-0.39, 0.29) is 5.97 Å². The SMILES string of the molecule is COC(=O)c1c(Br)sc2nc(C)cn12. The average Bonchev–Trinajstić information content (AvgIpc) is 2.58. The minimum atomic E-state index is -0.361. The quantitative estimate of drug-likeness (QED) is 0.750. The number of methoxy groups -OCH3 is 1. The Bertz CT molecular complexity index is 503. The molecule has 0 saturated heterocycles. The second kappa shape index (κ2) is 3.36. The third-order valence-electron chi connectivity index (χ3n) is 1.78. The Kier molecular flexibility index (Phi) is 2.32. The maximum absolute atomic E-state index is 11.4. The van der Waals surface area contributed by atoms with E-state index in [1.165, 1.54) is 18.4 Å². The molecule has 0 aliphatic carbocycles. The molecule has 6 heteroatoms. The number of nitrogens with zero attached hydrogens (tertiary/aromatic N) is 2. The first kappa shape index (κ1) is 9.67. The number of carbonyl (C=O) groups is 1. The normalized spacial score (nSPS) is 10.8. The number of fused-ring (bicyclic) bond motifs is 1. The molecule has 14 heavy (non-hydrogen) atoms. The van der Waals surface area contributed by atoms with Gasteiger partial charge < -0.3 is 4.74 Å². The van der Waals surface area contributed by atoms with Gasteiger partial charge in [-0.25, -0.2) is 9.78 Å². The van der Waals surface area contributed by atoms with Crippen molar-refractivity contribution in [3.8, 4) is 0 Å². The number of hydrogen-bond acceptors (Lipinski definition) is 4. The second-order valence-corrected chi connectivity index (χ2v) is 5.05. The molecule has 0 bridgehead atoms. The Balaban J connectivity index is 2.71. The van der Waals surface area contributed by atoms with Crippen LogP contribution in [0.15, 0.2) is 9.98 Å². The molecule has 2 aromatic rings. The maximum atomic E-state index is 11.4. The number of ether oxygens (including phenoxy) is 1. The third kappa shape index (κ3) is 1.34. The number of aryl methyl sites for hydroxylation is 1. The average molecular weight is 275 g/mol. The zero-order valence-electron chi connectivity index (χ0n) is 7.57. The zero-order chi connectivity index (χ0) is 10.3. The molecule has 0 saturated carbocycles. The predicted octanol–water partition coefficient (Wildman–Crippen LogP) is 2.25. The lowest BCUT2D eigenvalue weighted by atomic mass is 10.5. The highest BCUT2D eigenvalue weighted by Gasteiger charge is 2.19. The monoisotopic (exact) mass is 274 g/mol. The minimum Gasteiger partial charge on any atom is -0.464 e. The van der Waals surface area contributed by atoms with Crippen molar-refractivity contribution in [2.45, 2.75) is 6.92 Å². The highest BCUT2D eigenvalue weighted by atomic mass is 79.9. The number of aromatic nitrogens is 2. The smallest absolute Gasteiger partial charge is 0.357 e. The molecule has 0 unspecified atom stereocenters. The van der Waals surface area contributed by atoms with Crippen molar-refractivity contribution in [1.29, 1.82) is 0 Å². The van der Waals surface area contributed by atoms with Gasteiger partial charge in [0.15, 0.2) is 10.7 Å². The van der Waals surface area contributed by atoms with Gasteiger partial charge in [-0.05, 0) is 22.9 Å². The fraction of sp³-hybridized carbons (Fsp3) is 0.250. The zero-order valence-corrected chi connectivity index (χ0v) is 9.98. The van der Waals surface area contributed by atoms with Crippen LogP contribution in [0.25, 0.3) is 4.96 Å². The number of carbonyl (C=O) groups excluding carboxylic acids is 1. The molecule has 2 rings (SSSR count). The fourth-order valence-corrected chi connectivity index (χ4v) is 2.86. The van der Waals surface area contributed by atoms with Crippen LogP contribution in [0.1, 0.15) is 16.2 Å². The van der Waals surface area contributed by atoms with E-state index in [1.807, 2.05) is 13.1 Å². The van der Waals surface area contributed by atoms with Gasteiger partial charge in [-0.2, -0.15) is 0 Å². The summed E-state index contributed by atoms with van der Waals surface area (Å²) in [4.78, 5) is 16.5. The Morgan fingerprint density at radius 1 is 1.71 bits per heavy atom. The van der Waals surface area contributed by atoms with Crippen molar-refractivity contribution in [2.75, 3.05) is 7.11 Å². The lowest BCUT2D eigenvalue weighted by Crippen LogP contribution is -2.04. The lowest BCUT2D eigenvalue weighted by Gasteiger charge is -1.96. The molecule has 0 radical (unpaired) electrons. The van der Waals surface area contributed by atoms with Crippen LogP contribution >= 0.6 is 27.3 Å². The molecule has 2 heterocycles. The summed E-state index contributed by atoms with van der Waals surface area (Å²) in [7, 11) is 1.36. The van der Waals surface area contributed by atoms with Gasteiger partial charge in [0.2, 0.25) is 0 Å². The van der Waals surface area contributed by atoms with E-state index in [2.05, 4.69) is 25.7 Å². The van der Waals surface area contributed by atoms with Gasteiger partial charge in [-0.15, -0.1) is 0 Å². The Hall–Kier alpha value is -0.880. The number of halogens is 1. The molecule has 0 N–H and O–H groups in total. The van der Waals surface area contributed by atoms with Crippen LogP contribution < -0.4 is 0 Å². The summed E-state index contributed by atoms with van der Waals surface area (Å²) < 4.78 is 7.16. The Morgan fingerprint density at radius 2 is 2.43 bits per heavy atom. The molecule has 0 atom stereocenters. The van der Waals surface area contributed by atoms with Crippen LogP contribution in [0.5, 0.6) is 0 Å². The van der Waals surface area contributed by atoms with Crippen molar-refractivity contribution >= 4 is 38.2 Å². The van der Waals surface area contributed by atoms with E-state index in [9.17, 15) is 4.79 Å². The van der Waals surface area contributed by atoms with Gasteiger partial charge in [0, 0.05) is 6.20 Å². The van der Waals surface area contributed by atoms with Gasteiger partial charge in [0.05, 0.1) is 12.8 Å². The summed E-state index contributed by atoms with van der Waals surface area (Å²) >= 11 is 4.72. The first-order chi connectivity index (χ1) is 6.63. The van der Waals surface area contributed by atoms with E-state index in [0.29, 0.717) is 5.69 Å². The Morgan fingerprint density at radius 3 is 3.07 bits per heavy atom. The topological polar surface area (TPSA) is 43.6 Å². The molecule has 4 nitrogen and oxygen atoms in total. The summed E-state index contributed by atoms with van der Waals surface area (Å²) in [5, 5.41) is 0. The highest BCUT2D eigenvalue weighted by molar-refractivity contribution is 9.11. The third-order valence-corrected chi connectivity index (χ3v) is 3.49. The van der Waals surface area contributed by atoms with Crippen molar-refractivity contribution in [2.24, 2.45) is 0 Å². The van der Waals surface area contributed by atoms with E-state index < -0.39 is 0 Å². The van der Waals surface area contributed by atoms with E-state index in [0.717, 1.165) is 14.4 Å². The molecule has 0 amide bonds. The molecular formula is C8H7BrN2O2S. The van der Waals surface area contributed by atoms with Crippen molar-refractivity contribution < 1.29 is 9.53 Å². The summed E-state index contributed by atoms with van der Waals surface area (Å²) in [6, 6.07) is 0. The number of esters is 1. The van der Waals surface area contributed by atoms with Crippen LogP contribution in [0.3, 0.4) is 0 Å². The second-order valence-electron chi connectivity index (χ2n) is 2.75. The molecule has 0 aliphatic rings. The van der Waals surface area contributed by atoms with Gasteiger partial charge >= 0.3 is 5.97 Å². The van der Waals surface area contributed by atoms with E-state index >= 15 is 0 Å². The molecule has 0 aromatic carbocycles. The summed E-state index contributed by atoms with van der Waals surface area (Å²) in [5.41, 5.74) is 1.38. The number of thiazole rings is 1. The van der Waals surface area contributed by atoms with Crippen LogP contribution in [-0.4, -0.2) is 22.5 Å². The van der Waals surface area contributed by atoms with Crippen LogP contribution in [0.4, 0.5) is 0 Å². The minimum absolute atomic E-state index is 0.361. The standard InChI is InChI=1S/C8H7BrN2O2S/c1-4-3-11-5(7(12)13-2)6(9)14-8(11)10-4/h3H,1-2H3. The van der Waals surface area contributed by atoms with Gasteiger partial charge in [0.25, 0.3) is 0 Å². The predicted molar refractivity (Wildman–Crippen MR) is 56.8 cm³/mol. The maximum Gasteiger partial charge on any atom is 0.357 e. The van der Waals surface area contributed by atoms with Crippen LogP contribution in [-0.2, 0) is 4.74 Å². The molecule has 0 spiro atoms. The van der Waals surface area contributed by atoms with Crippen molar-refractivity contribution in [1.82, 2.24) is 9.38 Å². The molecule has 2 aromatic heterocycles. The molecule has 74 valence electrons. The van der Waals surface area contributed by atoms with Crippen molar-refractivity contribution in [3.05, 3.63) is 21.4 Å². The van der Waals surface area contributed by atoms with Gasteiger partial charge in [0.1, 0.15) is 3.79 Å². The van der Waals surface area contributed by atoms with Crippen LogP contribution in [0, 0.1) is 6.92 Å². The summed E-state index contributed by atoms with van der Waals surface area (Å²) in [6.07, 6.45) is 1.81. The van der Waals surface area contributed by atoms with E-state index in [1.54, 1.807) is 4.40 Å². The number of hydrogen-bond donors (Lipinski definition) is 0. The van der Waals surface area contributed by atoms with Gasteiger partial charge in [-0.3, -0.25) is 4.40 Å². The largest absolute Gasteiger partial charge is 0.464 e. The first-order valence-electron chi connectivity index (χ1n) is 3.86. The fourth-order valence-electron chi connectivity index (χ4n) is 1.21. The lowest BCUT2D eigenvalue weighted by molar-refractivity contribution is 0.0592. The summed E-state index contributed by atoms with van der Waals surface area (Å²) in [6.45, 7) is 1.88. The molecular weight excluding hydrogens is 268 g/mol.